The number of aromatic amines is 1. The molecule has 0 radical (unpaired) electrons. The fourth-order valence-corrected chi connectivity index (χ4v) is 4.52. The van der Waals surface area contributed by atoms with E-state index in [2.05, 4.69) is 43.6 Å². The van der Waals surface area contributed by atoms with Crippen molar-refractivity contribution in [3.8, 4) is 12.1 Å². The molecule has 1 aromatic heterocycles. The highest BCUT2D eigenvalue weighted by atomic mass is 79.9. The minimum atomic E-state index is -0.402. The molecule has 0 aliphatic carbocycles. The van der Waals surface area contributed by atoms with Crippen molar-refractivity contribution in [1.29, 1.82) is 10.5 Å². The molecule has 4 rings (SSSR count). The number of rotatable bonds is 2. The van der Waals surface area contributed by atoms with Crippen LogP contribution in [0.4, 0.5) is 5.82 Å². The van der Waals surface area contributed by atoms with Crippen LogP contribution in [0.5, 0.6) is 0 Å². The molecule has 2 aliphatic rings. The summed E-state index contributed by atoms with van der Waals surface area (Å²) in [5.41, 5.74) is 3.24. The van der Waals surface area contributed by atoms with Crippen molar-refractivity contribution in [1.82, 2.24) is 15.5 Å². The second-order valence-electron chi connectivity index (χ2n) is 6.62. The molecule has 3 heterocycles. The van der Waals surface area contributed by atoms with Crippen molar-refractivity contribution < 1.29 is 0 Å². The maximum Gasteiger partial charge on any atom is 0.151 e. The normalized spacial score (nSPS) is 24.9. The summed E-state index contributed by atoms with van der Waals surface area (Å²) in [4.78, 5) is 4.76. The SMILES string of the molecule is N#Cc1cccc(C2c3cn[nH]c3N=C(C3CCCCN3)C2C#N)c1Br. The Hall–Kier alpha value is -2.48. The first-order valence-electron chi connectivity index (χ1n) is 8.68. The Labute approximate surface area is 160 Å². The highest BCUT2D eigenvalue weighted by Crippen LogP contribution is 2.44. The zero-order valence-electron chi connectivity index (χ0n) is 14.0. The molecule has 1 aromatic carbocycles. The van der Waals surface area contributed by atoms with E-state index in [0.29, 0.717) is 11.4 Å². The summed E-state index contributed by atoms with van der Waals surface area (Å²) in [6.45, 7) is 0.940. The molecule has 1 saturated heterocycles. The first-order valence-corrected chi connectivity index (χ1v) is 9.47. The van der Waals surface area contributed by atoms with Gasteiger partial charge in [-0.3, -0.25) is 5.10 Å². The molecule has 0 amide bonds. The van der Waals surface area contributed by atoms with E-state index < -0.39 is 5.92 Å². The number of halogens is 1. The van der Waals surface area contributed by atoms with Crippen LogP contribution in [0.25, 0.3) is 0 Å². The number of piperidine rings is 1. The second-order valence-corrected chi connectivity index (χ2v) is 7.41. The van der Waals surface area contributed by atoms with Gasteiger partial charge in [-0.05, 0) is 46.9 Å². The van der Waals surface area contributed by atoms with Gasteiger partial charge in [0.2, 0.25) is 0 Å². The van der Waals surface area contributed by atoms with Gasteiger partial charge in [-0.25, -0.2) is 4.99 Å². The predicted molar refractivity (Wildman–Crippen MR) is 101 cm³/mol. The quantitative estimate of drug-likeness (QED) is 0.792. The van der Waals surface area contributed by atoms with Gasteiger partial charge in [0.25, 0.3) is 0 Å². The number of hydrogen-bond acceptors (Lipinski definition) is 5. The first-order chi connectivity index (χ1) is 12.7. The smallest absolute Gasteiger partial charge is 0.151 e. The Balaban J connectivity index is 1.86. The van der Waals surface area contributed by atoms with Gasteiger partial charge in [0, 0.05) is 22.0 Å². The topological polar surface area (TPSA) is 101 Å². The number of nitriles is 2. The van der Waals surface area contributed by atoms with Crippen LogP contribution < -0.4 is 5.32 Å². The fourth-order valence-electron chi connectivity index (χ4n) is 3.92. The van der Waals surface area contributed by atoms with Gasteiger partial charge in [-0.2, -0.15) is 15.6 Å². The summed E-state index contributed by atoms with van der Waals surface area (Å²) in [5.74, 6) is 0.0896. The largest absolute Gasteiger partial charge is 0.309 e. The van der Waals surface area contributed by atoms with Gasteiger partial charge in [0.15, 0.2) is 5.82 Å². The monoisotopic (exact) mass is 408 g/mol. The maximum atomic E-state index is 10.0. The number of hydrogen-bond donors (Lipinski definition) is 2. The predicted octanol–water partition coefficient (Wildman–Crippen LogP) is 3.54. The number of nitrogens with one attached hydrogen (secondary N) is 2. The zero-order valence-corrected chi connectivity index (χ0v) is 15.6. The molecule has 0 bridgehead atoms. The number of H-pyrrole nitrogens is 1. The number of nitrogens with zero attached hydrogens (tertiary/aromatic N) is 4. The van der Waals surface area contributed by atoms with Crippen molar-refractivity contribution in [3.63, 3.8) is 0 Å². The average molecular weight is 409 g/mol. The molecule has 0 spiro atoms. The van der Waals surface area contributed by atoms with Crippen LogP contribution in [0.1, 0.15) is 41.9 Å². The number of benzene rings is 1. The molecule has 0 saturated carbocycles. The van der Waals surface area contributed by atoms with Gasteiger partial charge in [-0.1, -0.05) is 18.6 Å². The van der Waals surface area contributed by atoms with Crippen molar-refractivity contribution in [2.75, 3.05) is 6.54 Å². The Morgan fingerprint density at radius 3 is 2.81 bits per heavy atom. The highest BCUT2D eigenvalue weighted by molar-refractivity contribution is 9.10. The van der Waals surface area contributed by atoms with E-state index in [0.717, 1.165) is 47.1 Å². The summed E-state index contributed by atoms with van der Waals surface area (Å²) < 4.78 is 0.734. The number of fused-ring (bicyclic) bond motifs is 1. The molecule has 2 aromatic rings. The third kappa shape index (κ3) is 2.74. The fraction of sp³-hybridized carbons (Fsp3) is 0.368. The van der Waals surface area contributed by atoms with Gasteiger partial charge >= 0.3 is 0 Å². The molecule has 1 fully saturated rings. The molecule has 2 aliphatic heterocycles. The first kappa shape index (κ1) is 17.0. The lowest BCUT2D eigenvalue weighted by molar-refractivity contribution is 0.459. The Morgan fingerprint density at radius 2 is 2.08 bits per heavy atom. The molecule has 3 atom stereocenters. The van der Waals surface area contributed by atoms with E-state index in [1.54, 1.807) is 12.3 Å². The molecule has 2 N–H and O–H groups in total. The van der Waals surface area contributed by atoms with Crippen LogP contribution in [0, 0.1) is 28.6 Å². The Kier molecular flexibility index (Phi) is 4.58. The molecule has 7 heteroatoms. The van der Waals surface area contributed by atoms with Crippen molar-refractivity contribution in [2.24, 2.45) is 10.9 Å². The zero-order chi connectivity index (χ0) is 18.1. The van der Waals surface area contributed by atoms with Crippen molar-refractivity contribution >= 4 is 27.5 Å². The molecule has 6 nitrogen and oxygen atoms in total. The number of aliphatic imine (C=N–C) groups is 1. The van der Waals surface area contributed by atoms with Crippen LogP contribution in [0.2, 0.25) is 0 Å². The molecular weight excluding hydrogens is 392 g/mol. The minimum absolute atomic E-state index is 0.102. The lowest BCUT2D eigenvalue weighted by Crippen LogP contribution is -2.45. The molecule has 26 heavy (non-hydrogen) atoms. The van der Waals surface area contributed by atoms with E-state index in [1.807, 2.05) is 12.1 Å². The van der Waals surface area contributed by atoms with Crippen LogP contribution in [-0.4, -0.2) is 28.5 Å². The molecular formula is C19H17BrN6. The third-order valence-corrected chi connectivity index (χ3v) is 6.05. The summed E-state index contributed by atoms with van der Waals surface area (Å²) in [6, 6.07) is 10.4. The van der Waals surface area contributed by atoms with E-state index in [9.17, 15) is 10.5 Å². The maximum absolute atomic E-state index is 10.0. The summed E-state index contributed by atoms with van der Waals surface area (Å²) >= 11 is 3.57. The van der Waals surface area contributed by atoms with Crippen LogP contribution in [0.15, 0.2) is 33.9 Å². The number of aromatic nitrogens is 2. The average Bonchev–Trinajstić information content (AvgIpc) is 3.16. The van der Waals surface area contributed by atoms with Crippen LogP contribution >= 0.6 is 15.9 Å². The Bertz CT molecular complexity index is 942. The highest BCUT2D eigenvalue weighted by Gasteiger charge is 2.40. The third-order valence-electron chi connectivity index (χ3n) is 5.17. The van der Waals surface area contributed by atoms with Crippen molar-refractivity contribution in [2.45, 2.75) is 31.2 Å². The standard InChI is InChI=1S/C19H17BrN6/c20-17-11(8-21)4-3-5-12(17)16-13(9-22)18(15-6-1-2-7-23-15)25-19-14(16)10-24-26-19/h3-5,10,13,15-16,23H,1-2,6-7H2,(H,24,26). The summed E-state index contributed by atoms with van der Waals surface area (Å²) in [5, 5.41) is 30.0. The second kappa shape index (κ2) is 7.03. The van der Waals surface area contributed by atoms with E-state index >= 15 is 0 Å². The van der Waals surface area contributed by atoms with Crippen molar-refractivity contribution in [3.05, 3.63) is 45.6 Å². The lowest BCUT2D eigenvalue weighted by Gasteiger charge is -2.34. The van der Waals surface area contributed by atoms with Crippen LogP contribution in [0.3, 0.4) is 0 Å². The summed E-state index contributed by atoms with van der Waals surface area (Å²) in [6.07, 6.45) is 5.00. The van der Waals surface area contributed by atoms with E-state index in [-0.39, 0.29) is 12.0 Å². The molecule has 130 valence electrons. The van der Waals surface area contributed by atoms with Gasteiger partial charge in [0.1, 0.15) is 6.07 Å². The van der Waals surface area contributed by atoms with Gasteiger partial charge < -0.3 is 5.32 Å². The minimum Gasteiger partial charge on any atom is -0.309 e. The van der Waals surface area contributed by atoms with Crippen LogP contribution in [-0.2, 0) is 0 Å². The summed E-state index contributed by atoms with van der Waals surface area (Å²) in [7, 11) is 0. The Morgan fingerprint density at radius 1 is 1.19 bits per heavy atom. The van der Waals surface area contributed by atoms with Gasteiger partial charge in [-0.15, -0.1) is 0 Å². The van der Waals surface area contributed by atoms with E-state index in [4.69, 9.17) is 4.99 Å². The van der Waals surface area contributed by atoms with E-state index in [1.165, 1.54) is 0 Å². The lowest BCUT2D eigenvalue weighted by atomic mass is 9.75. The van der Waals surface area contributed by atoms with Gasteiger partial charge in [0.05, 0.1) is 29.5 Å². The molecule has 3 unspecified atom stereocenters.